The first-order chi connectivity index (χ1) is 10.3. The van der Waals surface area contributed by atoms with Crippen LogP contribution in [0, 0.1) is 12.8 Å². The van der Waals surface area contributed by atoms with E-state index in [1.807, 2.05) is 6.07 Å². The third-order valence-corrected chi connectivity index (χ3v) is 3.87. The zero-order valence-electron chi connectivity index (χ0n) is 12.3. The van der Waals surface area contributed by atoms with E-state index < -0.39 is 0 Å². The molecule has 112 valence electrons. The summed E-state index contributed by atoms with van der Waals surface area (Å²) in [5.41, 5.74) is 1.30. The summed E-state index contributed by atoms with van der Waals surface area (Å²) in [5.74, 6) is 1.93. The Morgan fingerprint density at radius 1 is 1.33 bits per heavy atom. The molecule has 1 aliphatic rings. The van der Waals surface area contributed by atoms with Gasteiger partial charge in [-0.3, -0.25) is 0 Å². The Bertz CT molecular complexity index is 550. The van der Waals surface area contributed by atoms with Crippen molar-refractivity contribution >= 4 is 0 Å². The minimum absolute atomic E-state index is 0.289. The number of benzene rings is 1. The molecule has 3 rings (SSSR count). The summed E-state index contributed by atoms with van der Waals surface area (Å²) in [6.45, 7) is 4.17. The molecule has 1 saturated heterocycles. The van der Waals surface area contributed by atoms with E-state index in [4.69, 9.17) is 9.26 Å². The zero-order valence-corrected chi connectivity index (χ0v) is 12.3. The molecule has 0 aliphatic carbocycles. The molecule has 0 unspecified atom stereocenters. The normalized spacial score (nSPS) is 19.8. The molecule has 1 N–H and O–H groups in total. The van der Waals surface area contributed by atoms with Gasteiger partial charge < -0.3 is 14.6 Å². The number of nitrogens with zero attached hydrogens (tertiary/aromatic N) is 2. The summed E-state index contributed by atoms with van der Waals surface area (Å²) in [7, 11) is 0. The van der Waals surface area contributed by atoms with Crippen LogP contribution >= 0.6 is 0 Å². The highest BCUT2D eigenvalue weighted by molar-refractivity contribution is 5.19. The fourth-order valence-electron chi connectivity index (χ4n) is 2.75. The molecule has 5 nitrogen and oxygen atoms in total. The van der Waals surface area contributed by atoms with Gasteiger partial charge in [0.2, 0.25) is 5.89 Å². The molecule has 0 amide bonds. The van der Waals surface area contributed by atoms with Crippen molar-refractivity contribution in [2.45, 2.75) is 32.4 Å². The first-order valence-electron chi connectivity index (χ1n) is 7.46. The van der Waals surface area contributed by atoms with Gasteiger partial charge in [-0.25, -0.2) is 0 Å². The van der Waals surface area contributed by atoms with Gasteiger partial charge in [-0.15, -0.1) is 0 Å². The molecule has 1 aliphatic heterocycles. The average Bonchev–Trinajstić information content (AvgIpc) is 3.16. The average molecular weight is 287 g/mol. The predicted octanol–water partition coefficient (Wildman–Crippen LogP) is 2.64. The van der Waals surface area contributed by atoms with Crippen LogP contribution < -0.4 is 5.32 Å². The van der Waals surface area contributed by atoms with Crippen LogP contribution in [0.2, 0.25) is 0 Å². The Balaban J connectivity index is 1.66. The number of rotatable bonds is 6. The molecular weight excluding hydrogens is 266 g/mol. The van der Waals surface area contributed by atoms with Crippen LogP contribution in [0.15, 0.2) is 34.9 Å². The molecule has 0 radical (unpaired) electrons. The molecule has 2 aromatic rings. The summed E-state index contributed by atoms with van der Waals surface area (Å²) in [6.07, 6.45) is 2.22. The van der Waals surface area contributed by atoms with Crippen molar-refractivity contribution in [1.82, 2.24) is 15.5 Å². The van der Waals surface area contributed by atoms with E-state index in [2.05, 4.69) is 39.7 Å². The van der Waals surface area contributed by atoms with Gasteiger partial charge in [0.15, 0.2) is 5.82 Å². The molecule has 1 aromatic heterocycles. The van der Waals surface area contributed by atoms with Crippen LogP contribution in [0.1, 0.15) is 36.2 Å². The minimum atomic E-state index is 0.289. The van der Waals surface area contributed by atoms with Crippen molar-refractivity contribution in [2.75, 3.05) is 13.2 Å². The Hall–Kier alpha value is -1.72. The van der Waals surface area contributed by atoms with Gasteiger partial charge in [-0.05, 0) is 24.3 Å². The number of aryl methyl sites for hydroxylation is 1. The lowest BCUT2D eigenvalue weighted by Crippen LogP contribution is -2.24. The Morgan fingerprint density at radius 2 is 2.19 bits per heavy atom. The minimum Gasteiger partial charge on any atom is -0.381 e. The van der Waals surface area contributed by atoms with E-state index in [1.54, 1.807) is 6.92 Å². The molecule has 1 fully saturated rings. The maximum atomic E-state index is 5.49. The number of nitrogens with one attached hydrogen (secondary N) is 1. The van der Waals surface area contributed by atoms with E-state index in [-0.39, 0.29) is 6.04 Å². The fraction of sp³-hybridized carbons (Fsp3) is 0.500. The number of hydrogen-bond donors (Lipinski definition) is 1. The highest BCUT2D eigenvalue weighted by Gasteiger charge is 2.22. The van der Waals surface area contributed by atoms with Crippen molar-refractivity contribution in [1.29, 1.82) is 0 Å². The summed E-state index contributed by atoms with van der Waals surface area (Å²) in [4.78, 5) is 4.24. The maximum Gasteiger partial charge on any atom is 0.223 e. The first kappa shape index (κ1) is 14.2. The summed E-state index contributed by atoms with van der Waals surface area (Å²) >= 11 is 0. The van der Waals surface area contributed by atoms with Gasteiger partial charge in [0, 0.05) is 26.2 Å². The van der Waals surface area contributed by atoms with E-state index in [9.17, 15) is 0 Å². The standard InChI is InChI=1S/C16H21N3O2/c1-12-18-16(19-21-12)10-17-15(9-13-7-8-20-11-13)14-5-3-2-4-6-14/h2-6,13,15,17H,7-11H2,1H3/t13-,15+/m1/s1. The van der Waals surface area contributed by atoms with Crippen LogP contribution in [0.5, 0.6) is 0 Å². The molecule has 2 atom stereocenters. The second kappa shape index (κ2) is 6.83. The van der Waals surface area contributed by atoms with Crippen molar-refractivity contribution in [2.24, 2.45) is 5.92 Å². The molecule has 1 aromatic carbocycles. The highest BCUT2D eigenvalue weighted by Crippen LogP contribution is 2.26. The Labute approximate surface area is 124 Å². The molecular formula is C16H21N3O2. The lowest BCUT2D eigenvalue weighted by molar-refractivity contribution is 0.181. The molecule has 0 bridgehead atoms. The van der Waals surface area contributed by atoms with Crippen molar-refractivity contribution < 1.29 is 9.26 Å². The Morgan fingerprint density at radius 3 is 2.86 bits per heavy atom. The van der Waals surface area contributed by atoms with E-state index in [0.29, 0.717) is 24.2 Å². The lowest BCUT2D eigenvalue weighted by atomic mass is 9.94. The predicted molar refractivity (Wildman–Crippen MR) is 78.6 cm³/mol. The second-order valence-corrected chi connectivity index (χ2v) is 5.54. The van der Waals surface area contributed by atoms with E-state index in [0.717, 1.165) is 26.1 Å². The monoisotopic (exact) mass is 287 g/mol. The van der Waals surface area contributed by atoms with Crippen LogP contribution in [-0.4, -0.2) is 23.4 Å². The summed E-state index contributed by atoms with van der Waals surface area (Å²) < 4.78 is 10.5. The van der Waals surface area contributed by atoms with E-state index >= 15 is 0 Å². The van der Waals surface area contributed by atoms with Gasteiger partial charge >= 0.3 is 0 Å². The number of ether oxygens (including phenoxy) is 1. The lowest BCUT2D eigenvalue weighted by Gasteiger charge is -2.21. The third kappa shape index (κ3) is 3.89. The van der Waals surface area contributed by atoms with Crippen molar-refractivity contribution in [3.8, 4) is 0 Å². The van der Waals surface area contributed by atoms with Crippen LogP contribution in [0.25, 0.3) is 0 Å². The van der Waals surface area contributed by atoms with Gasteiger partial charge in [0.05, 0.1) is 6.54 Å². The fourth-order valence-corrected chi connectivity index (χ4v) is 2.75. The SMILES string of the molecule is Cc1nc(CN[C@@H](C[C@H]2CCOC2)c2ccccc2)no1. The molecule has 21 heavy (non-hydrogen) atoms. The maximum absolute atomic E-state index is 5.49. The second-order valence-electron chi connectivity index (χ2n) is 5.54. The number of hydrogen-bond acceptors (Lipinski definition) is 5. The highest BCUT2D eigenvalue weighted by atomic mass is 16.5. The van der Waals surface area contributed by atoms with Crippen LogP contribution in [0.3, 0.4) is 0 Å². The molecule has 0 saturated carbocycles. The van der Waals surface area contributed by atoms with Crippen molar-refractivity contribution in [3.63, 3.8) is 0 Å². The topological polar surface area (TPSA) is 60.2 Å². The Kier molecular flexibility index (Phi) is 4.62. The largest absolute Gasteiger partial charge is 0.381 e. The van der Waals surface area contributed by atoms with E-state index in [1.165, 1.54) is 5.56 Å². The van der Waals surface area contributed by atoms with Gasteiger partial charge in [0.25, 0.3) is 0 Å². The van der Waals surface area contributed by atoms with Crippen LogP contribution in [0.4, 0.5) is 0 Å². The molecule has 0 spiro atoms. The van der Waals surface area contributed by atoms with Gasteiger partial charge in [0.1, 0.15) is 0 Å². The summed E-state index contributed by atoms with van der Waals surface area (Å²) in [5, 5.41) is 7.49. The quantitative estimate of drug-likeness (QED) is 0.885. The zero-order chi connectivity index (χ0) is 14.5. The van der Waals surface area contributed by atoms with Gasteiger partial charge in [-0.2, -0.15) is 4.98 Å². The smallest absolute Gasteiger partial charge is 0.223 e. The number of aromatic nitrogens is 2. The van der Waals surface area contributed by atoms with Crippen molar-refractivity contribution in [3.05, 3.63) is 47.6 Å². The summed E-state index contributed by atoms with van der Waals surface area (Å²) in [6, 6.07) is 10.8. The first-order valence-corrected chi connectivity index (χ1v) is 7.46. The third-order valence-electron chi connectivity index (χ3n) is 3.87. The van der Waals surface area contributed by atoms with Crippen LogP contribution in [-0.2, 0) is 11.3 Å². The molecule has 5 heteroatoms. The van der Waals surface area contributed by atoms with Gasteiger partial charge in [-0.1, -0.05) is 35.5 Å². The molecule has 2 heterocycles.